The van der Waals surface area contributed by atoms with Crippen molar-refractivity contribution in [3.05, 3.63) is 97.7 Å². The van der Waals surface area contributed by atoms with E-state index in [1.807, 2.05) is 0 Å². The predicted octanol–water partition coefficient (Wildman–Crippen LogP) is 6.60. The van der Waals surface area contributed by atoms with Gasteiger partial charge in [0.1, 0.15) is 17.5 Å². The summed E-state index contributed by atoms with van der Waals surface area (Å²) < 4.78 is 46.0. The number of carboxylic acids is 1. The maximum absolute atomic E-state index is 14.1. The van der Waals surface area contributed by atoms with Gasteiger partial charge in [-0.1, -0.05) is 6.07 Å². The number of nitrogens with zero attached hydrogens (tertiary/aromatic N) is 2. The van der Waals surface area contributed by atoms with Crippen LogP contribution in [0.1, 0.15) is 78.0 Å². The third-order valence-corrected chi connectivity index (χ3v) is 9.81. The second kappa shape index (κ2) is 20.5. The summed E-state index contributed by atoms with van der Waals surface area (Å²) in [6.45, 7) is 12.3. The van der Waals surface area contributed by atoms with Gasteiger partial charge in [-0.3, -0.25) is 9.59 Å². The first-order valence-electron chi connectivity index (χ1n) is 16.4. The third-order valence-electron chi connectivity index (χ3n) is 8.53. The maximum atomic E-state index is 14.1. The van der Waals surface area contributed by atoms with Crippen molar-refractivity contribution in [2.45, 2.75) is 58.2 Å². The normalized spacial score (nSPS) is 14.5. The van der Waals surface area contributed by atoms with Gasteiger partial charge in [0, 0.05) is 37.3 Å². The number of aliphatic hydroxyl groups is 1. The number of rotatable bonds is 7. The van der Waals surface area contributed by atoms with Crippen molar-refractivity contribution in [1.29, 1.82) is 0 Å². The zero-order chi connectivity index (χ0) is 37.9. The number of carbonyl (C=O) groups is 3. The summed E-state index contributed by atoms with van der Waals surface area (Å²) in [6.07, 6.45) is 3.44. The number of halogens is 6. The molecule has 283 valence electrons. The van der Waals surface area contributed by atoms with Gasteiger partial charge in [0.2, 0.25) is 0 Å². The number of benzene rings is 3. The fourth-order valence-electron chi connectivity index (χ4n) is 3.95. The number of amides is 2. The molecule has 9 nitrogen and oxygen atoms in total. The minimum Gasteiger partial charge on any atom is -0.478 e. The Kier molecular flexibility index (Phi) is 17.8. The van der Waals surface area contributed by atoms with Crippen LogP contribution in [0.25, 0.3) is 0 Å². The van der Waals surface area contributed by atoms with Gasteiger partial charge in [-0.2, -0.15) is 0 Å². The lowest BCUT2D eigenvalue weighted by atomic mass is 9.82. The van der Waals surface area contributed by atoms with Crippen molar-refractivity contribution in [2.24, 2.45) is 0 Å². The van der Waals surface area contributed by atoms with Gasteiger partial charge < -0.3 is 30.0 Å². The van der Waals surface area contributed by atoms with E-state index in [9.17, 15) is 32.7 Å². The summed E-state index contributed by atoms with van der Waals surface area (Å²) in [5.41, 5.74) is -0.983. The molecule has 0 atom stereocenters. The molecule has 0 aromatic heterocycles. The number of likely N-dealkylation sites (tertiary alicyclic amines) is 2. The van der Waals surface area contributed by atoms with Crippen LogP contribution in [-0.2, 0) is 4.65 Å². The van der Waals surface area contributed by atoms with Crippen LogP contribution in [-0.4, -0.2) is 95.7 Å². The Bertz CT molecular complexity index is 1680. The van der Waals surface area contributed by atoms with Gasteiger partial charge in [-0.25, -0.2) is 18.0 Å². The Morgan fingerprint density at radius 2 is 1.12 bits per heavy atom. The van der Waals surface area contributed by atoms with Gasteiger partial charge in [0.05, 0.1) is 25.7 Å². The van der Waals surface area contributed by atoms with Crippen molar-refractivity contribution in [2.75, 3.05) is 39.3 Å². The molecule has 0 aliphatic carbocycles. The van der Waals surface area contributed by atoms with Gasteiger partial charge in [-0.05, 0) is 146 Å². The smallest absolute Gasteiger partial charge is 0.335 e. The standard InChI is InChI=1S/C16H22BFNO3.C10H9BrFNO.C7H4BrFO2.C3H7N.ClH/c1-15(2,21)16(3,4)22-17-12-7-6-11(10-13(12)18)14(20)19-8-5-9-19;11-8-3-2-7(6-9(8)12)10(14)13-4-1-5-13;8-5-2-1-4(7(10)11)3-6(5)9;1-2-4-3-1;/h6-7,10,21H,5,8-9H2,1-4H3;2-3,6H,1,4-5H2;1-3H,(H,10,11);4H,1-3H2;1H. The largest absolute Gasteiger partial charge is 0.478 e. The molecule has 2 amide bonds. The third kappa shape index (κ3) is 13.2. The lowest BCUT2D eigenvalue weighted by molar-refractivity contribution is -0.0893. The lowest BCUT2D eigenvalue weighted by Crippen LogP contribution is -2.49. The second-order valence-corrected chi connectivity index (χ2v) is 14.7. The van der Waals surface area contributed by atoms with Crippen molar-refractivity contribution >= 4 is 75.0 Å². The number of hydrogen-bond donors (Lipinski definition) is 3. The number of hydrogen-bond acceptors (Lipinski definition) is 6. The molecule has 3 fully saturated rings. The number of carbonyl (C=O) groups excluding carboxylic acids is 2. The molecule has 3 saturated heterocycles. The molecular weight excluding hydrogens is 833 g/mol. The molecule has 0 bridgehead atoms. The van der Waals surface area contributed by atoms with Crippen LogP contribution in [0.2, 0.25) is 0 Å². The average molecular weight is 877 g/mol. The highest BCUT2D eigenvalue weighted by Crippen LogP contribution is 2.24. The van der Waals surface area contributed by atoms with E-state index in [2.05, 4.69) is 37.2 Å². The topological polar surface area (TPSA) is 119 Å². The molecule has 3 N–H and O–H groups in total. The number of carboxylic acid groups (broad SMARTS) is 1. The monoisotopic (exact) mass is 874 g/mol. The fourth-order valence-corrected chi connectivity index (χ4v) is 4.44. The van der Waals surface area contributed by atoms with Gasteiger partial charge in [-0.15, -0.1) is 12.4 Å². The fraction of sp³-hybridized carbons (Fsp3) is 0.417. The van der Waals surface area contributed by atoms with Gasteiger partial charge >= 0.3 is 13.5 Å². The van der Waals surface area contributed by atoms with E-state index in [0.717, 1.165) is 45.1 Å². The van der Waals surface area contributed by atoms with Gasteiger partial charge in [0.15, 0.2) is 0 Å². The summed E-state index contributed by atoms with van der Waals surface area (Å²) in [5.74, 6) is -2.83. The van der Waals surface area contributed by atoms with Crippen LogP contribution in [0.15, 0.2) is 63.5 Å². The molecule has 3 aliphatic heterocycles. The average Bonchev–Trinajstić information content (AvgIpc) is 2.96. The number of nitrogens with one attached hydrogen (secondary N) is 1. The van der Waals surface area contributed by atoms with Crippen LogP contribution < -0.4 is 10.8 Å². The highest BCUT2D eigenvalue weighted by Gasteiger charge is 2.36. The van der Waals surface area contributed by atoms with Gasteiger partial charge in [0.25, 0.3) is 11.8 Å². The van der Waals surface area contributed by atoms with Crippen molar-refractivity contribution in [3.63, 3.8) is 0 Å². The highest BCUT2D eigenvalue weighted by atomic mass is 79.9. The van der Waals surface area contributed by atoms with E-state index in [-0.39, 0.29) is 39.7 Å². The second-order valence-electron chi connectivity index (χ2n) is 13.0. The van der Waals surface area contributed by atoms with Crippen molar-refractivity contribution in [1.82, 2.24) is 15.1 Å². The predicted molar refractivity (Wildman–Crippen MR) is 204 cm³/mol. The van der Waals surface area contributed by atoms with Crippen LogP contribution in [0, 0.1) is 17.5 Å². The molecule has 52 heavy (non-hydrogen) atoms. The molecule has 0 spiro atoms. The molecule has 3 heterocycles. The van der Waals surface area contributed by atoms with E-state index in [4.69, 9.17) is 9.76 Å². The Morgan fingerprint density at radius 1 is 0.731 bits per heavy atom. The molecule has 16 heteroatoms. The molecule has 0 unspecified atom stereocenters. The van der Waals surface area contributed by atoms with E-state index in [0.29, 0.717) is 15.6 Å². The molecular formula is C36H43BBr2ClF3N3O6. The summed E-state index contributed by atoms with van der Waals surface area (Å²) in [6, 6.07) is 12.5. The molecule has 3 aromatic rings. The molecule has 0 saturated carbocycles. The quantitative estimate of drug-likeness (QED) is 0.229. The lowest BCUT2D eigenvalue weighted by Gasteiger charge is -2.37. The summed E-state index contributed by atoms with van der Waals surface area (Å²) in [5, 5.41) is 21.5. The number of aromatic carboxylic acids is 1. The SMILES string of the molecule is C1CNC1.CC(C)(O)C(C)(C)O[B]c1ccc(C(=O)N2CCC2)cc1F.Cl.O=C(O)c1ccc(Br)c(F)c1.O=C(c1ccc(Br)c(F)c1)N1CCC1. The van der Waals surface area contributed by atoms with Crippen LogP contribution in [0.5, 0.6) is 0 Å². The Morgan fingerprint density at radius 3 is 1.44 bits per heavy atom. The molecule has 3 aromatic carbocycles. The Balaban J connectivity index is 0.000000267. The van der Waals surface area contributed by atoms with E-state index in [1.165, 1.54) is 57.3 Å². The summed E-state index contributed by atoms with van der Waals surface area (Å²) in [4.78, 5) is 37.3. The molecule has 3 aliphatic rings. The Labute approximate surface area is 326 Å². The van der Waals surface area contributed by atoms with E-state index in [1.54, 1.807) is 55.7 Å². The maximum Gasteiger partial charge on any atom is 0.335 e. The summed E-state index contributed by atoms with van der Waals surface area (Å²) in [7, 11) is 1.28. The first-order valence-corrected chi connectivity index (χ1v) is 18.0. The zero-order valence-corrected chi connectivity index (χ0v) is 33.3. The van der Waals surface area contributed by atoms with Crippen LogP contribution in [0.3, 0.4) is 0 Å². The minimum atomic E-state index is -1.13. The van der Waals surface area contributed by atoms with Crippen LogP contribution in [0.4, 0.5) is 13.2 Å². The van der Waals surface area contributed by atoms with Crippen molar-refractivity contribution < 1.29 is 42.4 Å². The highest BCUT2D eigenvalue weighted by molar-refractivity contribution is 9.10. The van der Waals surface area contributed by atoms with E-state index >= 15 is 0 Å². The first-order chi connectivity index (χ1) is 23.9. The first kappa shape index (κ1) is 45.2. The van der Waals surface area contributed by atoms with Crippen molar-refractivity contribution in [3.8, 4) is 0 Å². The molecule has 1 radical (unpaired) electrons. The Hall–Kier alpha value is -2.95. The van der Waals surface area contributed by atoms with Crippen LogP contribution >= 0.6 is 44.3 Å². The molecule has 6 rings (SSSR count). The minimum absolute atomic E-state index is 0. The zero-order valence-electron chi connectivity index (χ0n) is 29.4. The summed E-state index contributed by atoms with van der Waals surface area (Å²) >= 11 is 5.96. The van der Waals surface area contributed by atoms with E-state index < -0.39 is 34.6 Å².